The van der Waals surface area contributed by atoms with E-state index in [1.165, 1.54) is 7.11 Å². The summed E-state index contributed by atoms with van der Waals surface area (Å²) in [5, 5.41) is 6.31. The van der Waals surface area contributed by atoms with E-state index in [9.17, 15) is 4.79 Å². The molecule has 0 radical (unpaired) electrons. The zero-order valence-electron chi connectivity index (χ0n) is 11.8. The average molecular weight is 290 g/mol. The molecule has 20 heavy (non-hydrogen) atoms. The zero-order valence-corrected chi connectivity index (χ0v) is 12.6. The quantitative estimate of drug-likeness (QED) is 0.860. The van der Waals surface area contributed by atoms with Crippen LogP contribution in [0.25, 0.3) is 0 Å². The van der Waals surface area contributed by atoms with Gasteiger partial charge in [0.05, 0.1) is 17.8 Å². The topological polar surface area (TPSA) is 51.2 Å². The molecule has 2 aromatic rings. The molecule has 1 aromatic carbocycles. The SMILES string of the molecule is COC(=O)C(NC(C)c1csc(C)n1)c1ccccc1. The van der Waals surface area contributed by atoms with Crippen molar-refractivity contribution in [3.05, 3.63) is 52.0 Å². The van der Waals surface area contributed by atoms with Gasteiger partial charge in [-0.15, -0.1) is 11.3 Å². The van der Waals surface area contributed by atoms with Crippen molar-refractivity contribution in [2.45, 2.75) is 25.9 Å². The van der Waals surface area contributed by atoms with E-state index in [2.05, 4.69) is 10.3 Å². The number of thiazole rings is 1. The van der Waals surface area contributed by atoms with Crippen LogP contribution in [0, 0.1) is 6.92 Å². The van der Waals surface area contributed by atoms with Gasteiger partial charge in [-0.25, -0.2) is 9.78 Å². The summed E-state index contributed by atoms with van der Waals surface area (Å²) in [4.78, 5) is 16.4. The van der Waals surface area contributed by atoms with Crippen LogP contribution in [0.1, 0.15) is 35.3 Å². The first-order valence-corrected chi connectivity index (χ1v) is 7.30. The van der Waals surface area contributed by atoms with Gasteiger partial charge in [0.25, 0.3) is 0 Å². The van der Waals surface area contributed by atoms with E-state index in [0.29, 0.717) is 0 Å². The number of hydrogen-bond acceptors (Lipinski definition) is 5. The second-order valence-corrected chi connectivity index (χ2v) is 5.61. The van der Waals surface area contributed by atoms with Gasteiger partial charge in [0.2, 0.25) is 0 Å². The third-order valence-corrected chi connectivity index (χ3v) is 3.86. The van der Waals surface area contributed by atoms with Gasteiger partial charge < -0.3 is 4.74 Å². The van der Waals surface area contributed by atoms with Crippen molar-refractivity contribution >= 4 is 17.3 Å². The van der Waals surface area contributed by atoms with Crippen LogP contribution in [-0.4, -0.2) is 18.1 Å². The maximum atomic E-state index is 12.0. The van der Waals surface area contributed by atoms with Crippen molar-refractivity contribution in [2.24, 2.45) is 0 Å². The number of rotatable bonds is 5. The molecule has 0 aliphatic rings. The predicted molar refractivity (Wildman–Crippen MR) is 79.6 cm³/mol. The number of nitrogens with zero attached hydrogens (tertiary/aromatic N) is 1. The Hall–Kier alpha value is -1.72. The first kappa shape index (κ1) is 14.7. The smallest absolute Gasteiger partial charge is 0.327 e. The summed E-state index contributed by atoms with van der Waals surface area (Å²) >= 11 is 1.60. The molecule has 1 aromatic heterocycles. The molecule has 0 saturated carbocycles. The van der Waals surface area contributed by atoms with Crippen LogP contribution in [0.2, 0.25) is 0 Å². The van der Waals surface area contributed by atoms with E-state index in [0.717, 1.165) is 16.3 Å². The molecule has 0 bridgehead atoms. The Balaban J connectivity index is 2.18. The van der Waals surface area contributed by atoms with Crippen LogP contribution in [0.4, 0.5) is 0 Å². The molecule has 4 nitrogen and oxygen atoms in total. The molecule has 0 saturated heterocycles. The van der Waals surface area contributed by atoms with Crippen molar-refractivity contribution in [1.82, 2.24) is 10.3 Å². The maximum absolute atomic E-state index is 12.0. The van der Waals surface area contributed by atoms with Crippen LogP contribution in [0.5, 0.6) is 0 Å². The Labute approximate surface area is 122 Å². The second kappa shape index (κ2) is 6.63. The third-order valence-electron chi connectivity index (χ3n) is 3.07. The normalized spacial score (nSPS) is 13.8. The molecule has 5 heteroatoms. The summed E-state index contributed by atoms with van der Waals surface area (Å²) in [6.45, 7) is 3.96. The van der Waals surface area contributed by atoms with Crippen LogP contribution in [0.15, 0.2) is 35.7 Å². The number of carbonyl (C=O) groups is 1. The van der Waals surface area contributed by atoms with Gasteiger partial charge in [-0.2, -0.15) is 0 Å². The number of hydrogen-bond donors (Lipinski definition) is 1. The van der Waals surface area contributed by atoms with Crippen LogP contribution < -0.4 is 5.32 Å². The van der Waals surface area contributed by atoms with E-state index in [-0.39, 0.29) is 12.0 Å². The van der Waals surface area contributed by atoms with Crippen molar-refractivity contribution in [1.29, 1.82) is 0 Å². The average Bonchev–Trinajstić information content (AvgIpc) is 2.91. The van der Waals surface area contributed by atoms with E-state index in [4.69, 9.17) is 4.74 Å². The minimum Gasteiger partial charge on any atom is -0.468 e. The van der Waals surface area contributed by atoms with Crippen molar-refractivity contribution in [3.63, 3.8) is 0 Å². The fourth-order valence-electron chi connectivity index (χ4n) is 1.98. The molecule has 1 heterocycles. The van der Waals surface area contributed by atoms with E-state index >= 15 is 0 Å². The van der Waals surface area contributed by atoms with Gasteiger partial charge in [0.1, 0.15) is 6.04 Å². The largest absolute Gasteiger partial charge is 0.468 e. The molecule has 0 aliphatic carbocycles. The van der Waals surface area contributed by atoms with Gasteiger partial charge in [0.15, 0.2) is 0 Å². The van der Waals surface area contributed by atoms with E-state index in [1.807, 2.05) is 49.6 Å². The highest BCUT2D eigenvalue weighted by atomic mass is 32.1. The van der Waals surface area contributed by atoms with Crippen LogP contribution in [-0.2, 0) is 9.53 Å². The number of nitrogens with one attached hydrogen (secondary N) is 1. The van der Waals surface area contributed by atoms with Gasteiger partial charge in [-0.3, -0.25) is 5.32 Å². The molecule has 1 N–H and O–H groups in total. The lowest BCUT2D eigenvalue weighted by atomic mass is 10.1. The second-order valence-electron chi connectivity index (χ2n) is 4.55. The lowest BCUT2D eigenvalue weighted by Crippen LogP contribution is -2.31. The summed E-state index contributed by atoms with van der Waals surface area (Å²) in [6, 6.07) is 9.05. The minimum absolute atomic E-state index is 0.0238. The van der Waals surface area contributed by atoms with Gasteiger partial charge >= 0.3 is 5.97 Å². The molecule has 106 valence electrons. The number of esters is 1. The highest BCUT2D eigenvalue weighted by molar-refractivity contribution is 7.09. The monoisotopic (exact) mass is 290 g/mol. The zero-order chi connectivity index (χ0) is 14.5. The van der Waals surface area contributed by atoms with Gasteiger partial charge in [-0.1, -0.05) is 30.3 Å². The molecule has 2 rings (SSSR count). The summed E-state index contributed by atoms with van der Waals surface area (Å²) in [7, 11) is 1.40. The summed E-state index contributed by atoms with van der Waals surface area (Å²) in [6.07, 6.45) is 0. The molecule has 0 aliphatic heterocycles. The maximum Gasteiger partial charge on any atom is 0.327 e. The standard InChI is InChI=1S/C15H18N2O2S/c1-10(13-9-20-11(2)17-13)16-14(15(18)19-3)12-7-5-4-6-8-12/h4-10,14,16H,1-3H3. The lowest BCUT2D eigenvalue weighted by Gasteiger charge is -2.20. The van der Waals surface area contributed by atoms with Gasteiger partial charge in [0, 0.05) is 11.4 Å². The fourth-order valence-corrected chi connectivity index (χ4v) is 2.68. The van der Waals surface area contributed by atoms with Crippen molar-refractivity contribution in [2.75, 3.05) is 7.11 Å². The van der Waals surface area contributed by atoms with Crippen molar-refractivity contribution in [3.8, 4) is 0 Å². The number of benzene rings is 1. The molecule has 0 spiro atoms. The Morgan fingerprint density at radius 1 is 1.35 bits per heavy atom. The first-order chi connectivity index (χ1) is 9.61. The Morgan fingerprint density at radius 3 is 2.60 bits per heavy atom. The van der Waals surface area contributed by atoms with Crippen LogP contribution >= 0.6 is 11.3 Å². The summed E-state index contributed by atoms with van der Waals surface area (Å²) < 4.78 is 4.89. The fraction of sp³-hybridized carbons (Fsp3) is 0.333. The highest BCUT2D eigenvalue weighted by Crippen LogP contribution is 2.21. The summed E-state index contributed by atoms with van der Waals surface area (Å²) in [5.74, 6) is -0.296. The number of carbonyl (C=O) groups excluding carboxylic acids is 1. The van der Waals surface area contributed by atoms with E-state index in [1.54, 1.807) is 11.3 Å². The highest BCUT2D eigenvalue weighted by Gasteiger charge is 2.24. The Kier molecular flexibility index (Phi) is 4.87. The first-order valence-electron chi connectivity index (χ1n) is 6.42. The number of ether oxygens (including phenoxy) is 1. The predicted octanol–water partition coefficient (Wildman–Crippen LogP) is 3.02. The lowest BCUT2D eigenvalue weighted by molar-refractivity contribution is -0.143. The van der Waals surface area contributed by atoms with Crippen molar-refractivity contribution < 1.29 is 9.53 Å². The minimum atomic E-state index is -0.488. The molecular formula is C15H18N2O2S. The van der Waals surface area contributed by atoms with E-state index < -0.39 is 6.04 Å². The Morgan fingerprint density at radius 2 is 2.05 bits per heavy atom. The number of aromatic nitrogens is 1. The molecule has 0 fully saturated rings. The number of methoxy groups -OCH3 is 1. The summed E-state index contributed by atoms with van der Waals surface area (Å²) in [5.41, 5.74) is 1.83. The Bertz CT molecular complexity index is 568. The molecule has 2 unspecified atom stereocenters. The molecular weight excluding hydrogens is 272 g/mol. The van der Waals surface area contributed by atoms with Gasteiger partial charge in [-0.05, 0) is 19.4 Å². The molecule has 0 amide bonds. The number of aryl methyl sites for hydroxylation is 1. The third kappa shape index (κ3) is 3.43. The molecule has 2 atom stereocenters. The van der Waals surface area contributed by atoms with Crippen LogP contribution in [0.3, 0.4) is 0 Å².